The molecule has 0 unspecified atom stereocenters. The van der Waals surface area contributed by atoms with Gasteiger partial charge in [0, 0.05) is 4.47 Å². The Bertz CT molecular complexity index is 276. The van der Waals surface area contributed by atoms with Gasteiger partial charge in [-0.2, -0.15) is 0 Å². The molecule has 0 amide bonds. The van der Waals surface area contributed by atoms with Crippen molar-refractivity contribution in [3.05, 3.63) is 38.9 Å². The molecule has 1 aromatic rings. The zero-order valence-electron chi connectivity index (χ0n) is 5.36. The normalized spacial score (nSPS) is 9.18. The first-order valence-electron chi connectivity index (χ1n) is 2.77. The maximum atomic E-state index is 9.88. The van der Waals surface area contributed by atoms with Gasteiger partial charge in [0.15, 0.2) is 0 Å². The topological polar surface area (TPSA) is 52.4 Å². The highest BCUT2D eigenvalue weighted by atomic mass is 79.9. The number of halogens is 1. The molecule has 0 spiro atoms. The summed E-state index contributed by atoms with van der Waals surface area (Å²) in [5.74, 6) is 0.206. The fourth-order valence-electron chi connectivity index (χ4n) is 0.599. The van der Waals surface area contributed by atoms with Crippen LogP contribution in [0.5, 0.6) is 5.75 Å². The second-order valence-corrected chi connectivity index (χ2v) is 2.60. The Balaban J connectivity index is 2.86. The SMILES string of the molecule is O=[N+]([O-])Oc1ccccc1Br. The second-order valence-electron chi connectivity index (χ2n) is 1.75. The minimum absolute atomic E-state index is 0.206. The van der Waals surface area contributed by atoms with E-state index >= 15 is 0 Å². The number of hydrogen-bond acceptors (Lipinski definition) is 3. The zero-order chi connectivity index (χ0) is 8.27. The molecule has 0 atom stereocenters. The number of para-hydroxylation sites is 1. The number of benzene rings is 1. The van der Waals surface area contributed by atoms with Gasteiger partial charge < -0.3 is 0 Å². The van der Waals surface area contributed by atoms with Crippen LogP contribution in [0.25, 0.3) is 0 Å². The summed E-state index contributed by atoms with van der Waals surface area (Å²) in [4.78, 5) is 14.1. The van der Waals surface area contributed by atoms with E-state index < -0.39 is 5.09 Å². The summed E-state index contributed by atoms with van der Waals surface area (Å²) < 4.78 is 0.566. The molecule has 0 N–H and O–H groups in total. The van der Waals surface area contributed by atoms with E-state index in [9.17, 15) is 10.1 Å². The van der Waals surface area contributed by atoms with Crippen LogP contribution in [0.1, 0.15) is 0 Å². The van der Waals surface area contributed by atoms with Gasteiger partial charge in [0.05, 0.1) is 0 Å². The Morgan fingerprint density at radius 2 is 2.09 bits per heavy atom. The standard InChI is InChI=1S/C6H4BrNO3/c7-5-3-1-2-4-6(5)11-8(9)10/h1-4H. The van der Waals surface area contributed by atoms with Gasteiger partial charge >= 0.3 is 0 Å². The highest BCUT2D eigenvalue weighted by molar-refractivity contribution is 9.10. The first kappa shape index (κ1) is 8.00. The molecule has 11 heavy (non-hydrogen) atoms. The van der Waals surface area contributed by atoms with E-state index in [2.05, 4.69) is 20.8 Å². The zero-order valence-corrected chi connectivity index (χ0v) is 6.95. The average molecular weight is 218 g/mol. The maximum absolute atomic E-state index is 9.88. The van der Waals surface area contributed by atoms with Gasteiger partial charge in [0.2, 0.25) is 0 Å². The summed E-state index contributed by atoms with van der Waals surface area (Å²) in [6, 6.07) is 6.58. The van der Waals surface area contributed by atoms with Crippen molar-refractivity contribution in [3.8, 4) is 5.75 Å². The lowest BCUT2D eigenvalue weighted by atomic mass is 10.3. The predicted molar refractivity (Wildman–Crippen MR) is 41.8 cm³/mol. The molecule has 58 valence electrons. The Kier molecular flexibility index (Phi) is 2.43. The van der Waals surface area contributed by atoms with E-state index in [-0.39, 0.29) is 5.75 Å². The summed E-state index contributed by atoms with van der Waals surface area (Å²) in [7, 11) is 0. The van der Waals surface area contributed by atoms with E-state index in [1.54, 1.807) is 18.2 Å². The molecule has 0 fully saturated rings. The molecule has 0 aliphatic carbocycles. The largest absolute Gasteiger partial charge is 0.299 e. The molecule has 0 saturated carbocycles. The van der Waals surface area contributed by atoms with Crippen LogP contribution in [-0.4, -0.2) is 5.09 Å². The third kappa shape index (κ3) is 2.19. The maximum Gasteiger partial charge on any atom is 0.299 e. The summed E-state index contributed by atoms with van der Waals surface area (Å²) in [5, 5.41) is 9.04. The number of nitrogens with zero attached hydrogens (tertiary/aromatic N) is 1. The van der Waals surface area contributed by atoms with Crippen LogP contribution in [0.4, 0.5) is 0 Å². The first-order chi connectivity index (χ1) is 5.20. The predicted octanol–water partition coefficient (Wildman–Crippen LogP) is 2.02. The molecular weight excluding hydrogens is 214 g/mol. The fraction of sp³-hybridized carbons (Fsp3) is 0. The monoisotopic (exact) mass is 217 g/mol. The smallest absolute Gasteiger partial charge is 0.275 e. The molecule has 0 aliphatic heterocycles. The summed E-state index contributed by atoms with van der Waals surface area (Å²) in [5.41, 5.74) is 0. The van der Waals surface area contributed by atoms with Gasteiger partial charge in [-0.1, -0.05) is 12.1 Å². The first-order valence-corrected chi connectivity index (χ1v) is 3.56. The van der Waals surface area contributed by atoms with Crippen LogP contribution in [0.2, 0.25) is 0 Å². The Morgan fingerprint density at radius 3 is 2.64 bits per heavy atom. The van der Waals surface area contributed by atoms with Crippen LogP contribution >= 0.6 is 15.9 Å². The van der Waals surface area contributed by atoms with Crippen molar-refractivity contribution >= 4 is 15.9 Å². The van der Waals surface area contributed by atoms with Crippen LogP contribution in [0, 0.1) is 10.1 Å². The van der Waals surface area contributed by atoms with Crippen LogP contribution in [-0.2, 0) is 0 Å². The van der Waals surface area contributed by atoms with Crippen LogP contribution in [0.3, 0.4) is 0 Å². The third-order valence-electron chi connectivity index (χ3n) is 1.01. The Labute approximate surface area is 71.0 Å². The van der Waals surface area contributed by atoms with Crippen molar-refractivity contribution in [2.75, 3.05) is 0 Å². The highest BCUT2D eigenvalue weighted by Crippen LogP contribution is 2.23. The lowest BCUT2D eigenvalue weighted by molar-refractivity contribution is -0.711. The van der Waals surface area contributed by atoms with E-state index in [1.165, 1.54) is 6.07 Å². The summed E-state index contributed by atoms with van der Waals surface area (Å²) >= 11 is 3.10. The fourth-order valence-corrected chi connectivity index (χ4v) is 0.956. The van der Waals surface area contributed by atoms with Gasteiger partial charge in [-0.05, 0) is 28.1 Å². The van der Waals surface area contributed by atoms with Crippen molar-refractivity contribution in [1.29, 1.82) is 0 Å². The number of hydrogen-bond donors (Lipinski definition) is 0. The molecular formula is C6H4BrNO3. The minimum atomic E-state index is -0.847. The Morgan fingerprint density at radius 1 is 1.45 bits per heavy atom. The lowest BCUT2D eigenvalue weighted by Crippen LogP contribution is -2.03. The lowest BCUT2D eigenvalue weighted by Gasteiger charge is -1.98. The molecule has 0 aromatic heterocycles. The average Bonchev–Trinajstić information content (AvgIpc) is 1.93. The van der Waals surface area contributed by atoms with Crippen molar-refractivity contribution in [1.82, 2.24) is 0 Å². The molecule has 0 bridgehead atoms. The van der Waals surface area contributed by atoms with Gasteiger partial charge in [0.1, 0.15) is 5.75 Å². The van der Waals surface area contributed by atoms with Crippen molar-refractivity contribution < 1.29 is 9.92 Å². The minimum Gasteiger partial charge on any atom is -0.275 e. The molecule has 0 aliphatic rings. The quantitative estimate of drug-likeness (QED) is 0.563. The van der Waals surface area contributed by atoms with Crippen molar-refractivity contribution in [2.45, 2.75) is 0 Å². The van der Waals surface area contributed by atoms with Gasteiger partial charge in [-0.3, -0.25) is 4.84 Å². The summed E-state index contributed by atoms with van der Waals surface area (Å²) in [6.45, 7) is 0. The molecule has 0 saturated heterocycles. The molecule has 1 aromatic carbocycles. The van der Waals surface area contributed by atoms with Gasteiger partial charge in [-0.25, -0.2) is 0 Å². The van der Waals surface area contributed by atoms with Crippen LogP contribution in [0.15, 0.2) is 28.7 Å². The number of rotatable bonds is 2. The molecule has 4 nitrogen and oxygen atoms in total. The highest BCUT2D eigenvalue weighted by Gasteiger charge is 2.01. The van der Waals surface area contributed by atoms with Crippen LogP contribution < -0.4 is 4.84 Å². The van der Waals surface area contributed by atoms with E-state index in [1.807, 2.05) is 0 Å². The van der Waals surface area contributed by atoms with Crippen molar-refractivity contribution in [3.63, 3.8) is 0 Å². The molecule has 0 radical (unpaired) electrons. The van der Waals surface area contributed by atoms with Crippen molar-refractivity contribution in [2.24, 2.45) is 0 Å². The molecule has 0 heterocycles. The second kappa shape index (κ2) is 3.34. The van der Waals surface area contributed by atoms with E-state index in [0.29, 0.717) is 4.47 Å². The molecule has 1 rings (SSSR count). The summed E-state index contributed by atoms with van der Waals surface area (Å²) in [6.07, 6.45) is 0. The third-order valence-corrected chi connectivity index (χ3v) is 1.66. The Hall–Kier alpha value is -1.10. The van der Waals surface area contributed by atoms with E-state index in [0.717, 1.165) is 0 Å². The van der Waals surface area contributed by atoms with E-state index in [4.69, 9.17) is 0 Å². The molecule has 5 heteroatoms. The van der Waals surface area contributed by atoms with Gasteiger partial charge in [-0.15, -0.1) is 10.1 Å². The van der Waals surface area contributed by atoms with Gasteiger partial charge in [0.25, 0.3) is 5.09 Å².